The van der Waals surface area contributed by atoms with E-state index in [1.807, 2.05) is 0 Å². The third-order valence-electron chi connectivity index (χ3n) is 0. The minimum absolute atomic E-state index is 0. The maximum absolute atomic E-state index is 9.11. The molecule has 0 saturated heterocycles. The SMILES string of the molecule is N.O=S(O)(O)=S.O=S(O)O.[Ca+2].[H-].[H-]. The summed E-state index contributed by atoms with van der Waals surface area (Å²) < 4.78 is 46.8. The van der Waals surface area contributed by atoms with Gasteiger partial charge in [-0.3, -0.25) is 18.2 Å². The van der Waals surface area contributed by atoms with E-state index in [0.717, 1.165) is 0 Å². The predicted octanol–water partition coefficient (Wildman–Crippen LogP) is -0.634. The standard InChI is InChI=1S/Ca.H3N.H2O3S2.H2O3S.2H/c;;1-5(2,3)4;1-4(2)3;;/h;1H3;(H2,1,2,3,4);(H2,1,2,3);;/q+2;;;;2*-1. The molecule has 0 atom stereocenters. The van der Waals surface area contributed by atoms with Crippen LogP contribution in [0.4, 0.5) is 0 Å². The van der Waals surface area contributed by atoms with Crippen LogP contribution in [0.5, 0.6) is 0 Å². The van der Waals surface area contributed by atoms with E-state index in [4.69, 9.17) is 26.6 Å². The van der Waals surface area contributed by atoms with Crippen LogP contribution >= 0.6 is 0 Å². The van der Waals surface area contributed by atoms with Crippen molar-refractivity contribution >= 4 is 69.3 Å². The monoisotopic (exact) mass is 255 g/mol. The zero-order valence-corrected chi connectivity index (χ0v) is 9.90. The molecule has 0 heterocycles. The molecule has 7 N–H and O–H groups in total. The van der Waals surface area contributed by atoms with Gasteiger partial charge >= 0.3 is 37.7 Å². The molecule has 0 saturated carbocycles. The fourth-order valence-corrected chi connectivity index (χ4v) is 0. The first-order chi connectivity index (χ1) is 3.73. The Kier molecular flexibility index (Phi) is 24.1. The quantitative estimate of drug-likeness (QED) is 0.283. The van der Waals surface area contributed by atoms with Crippen LogP contribution in [0.1, 0.15) is 2.85 Å². The first kappa shape index (κ1) is 22.9. The fraction of sp³-hybridized carbons (Fsp3) is 0. The molecule has 0 amide bonds. The van der Waals surface area contributed by atoms with Gasteiger partial charge in [0.25, 0.3) is 20.4 Å². The van der Waals surface area contributed by atoms with Crippen LogP contribution < -0.4 is 6.15 Å². The molecule has 0 aromatic rings. The molecule has 0 unspecified atom stereocenters. The Balaban J connectivity index is -0.0000000146. The summed E-state index contributed by atoms with van der Waals surface area (Å²) in [6.07, 6.45) is 0. The summed E-state index contributed by atoms with van der Waals surface area (Å²) in [6, 6.07) is 0. The van der Waals surface area contributed by atoms with Gasteiger partial charge in [0, 0.05) is 11.2 Å². The van der Waals surface area contributed by atoms with E-state index in [2.05, 4.69) is 11.2 Å². The van der Waals surface area contributed by atoms with Gasteiger partial charge in [0.2, 0.25) is 0 Å². The summed E-state index contributed by atoms with van der Waals surface area (Å²) in [5.74, 6) is 0. The molecule has 0 aromatic carbocycles. The van der Waals surface area contributed by atoms with Crippen molar-refractivity contribution in [3.63, 3.8) is 0 Å². The number of rotatable bonds is 0. The second-order valence-electron chi connectivity index (χ2n) is 0.679. The van der Waals surface area contributed by atoms with E-state index in [1.165, 1.54) is 0 Å². The minimum Gasteiger partial charge on any atom is -1.00 e. The summed E-state index contributed by atoms with van der Waals surface area (Å²) >= 11 is 0.854. The Labute approximate surface area is 104 Å². The van der Waals surface area contributed by atoms with E-state index in [-0.39, 0.29) is 46.7 Å². The summed E-state index contributed by atoms with van der Waals surface area (Å²) in [5, 5.41) is 0. The molecule has 0 aliphatic rings. The van der Waals surface area contributed by atoms with Crippen LogP contribution in [0.15, 0.2) is 0 Å². The molecule has 7 nitrogen and oxygen atoms in total. The average Bonchev–Trinajstić information content (AvgIpc) is 1.19. The summed E-state index contributed by atoms with van der Waals surface area (Å²) in [7, 11) is -3.83. The number of hydrogen-bond acceptors (Lipinski definition) is 4. The van der Waals surface area contributed by atoms with E-state index < -0.39 is 20.4 Å². The summed E-state index contributed by atoms with van der Waals surface area (Å²) in [6.45, 7) is 0. The molecule has 11 heteroatoms. The van der Waals surface area contributed by atoms with Crippen molar-refractivity contribution in [1.29, 1.82) is 0 Å². The molecular formula is H9CaNO6S3. The molecule has 0 bridgehead atoms. The van der Waals surface area contributed by atoms with Crippen LogP contribution in [-0.4, -0.2) is 64.4 Å². The zero-order chi connectivity index (χ0) is 8.08. The Morgan fingerprint density at radius 2 is 1.36 bits per heavy atom. The van der Waals surface area contributed by atoms with Crippen molar-refractivity contribution < 1.29 is 29.5 Å². The van der Waals surface area contributed by atoms with E-state index in [1.54, 1.807) is 0 Å². The smallest absolute Gasteiger partial charge is 1.00 e. The van der Waals surface area contributed by atoms with Gasteiger partial charge in [-0.2, -0.15) is 8.42 Å². The van der Waals surface area contributed by atoms with Gasteiger partial charge in [0.1, 0.15) is 0 Å². The second kappa shape index (κ2) is 11.6. The molecule has 0 aromatic heterocycles. The van der Waals surface area contributed by atoms with Crippen molar-refractivity contribution in [3.05, 3.63) is 0 Å². The predicted molar refractivity (Wildman–Crippen MR) is 47.2 cm³/mol. The van der Waals surface area contributed by atoms with Gasteiger partial charge < -0.3 is 9.00 Å². The van der Waals surface area contributed by atoms with Gasteiger partial charge in [0.05, 0.1) is 0 Å². The van der Waals surface area contributed by atoms with Crippen molar-refractivity contribution in [3.8, 4) is 0 Å². The van der Waals surface area contributed by atoms with E-state index >= 15 is 0 Å². The molecule has 0 fully saturated rings. The third kappa shape index (κ3) is 426. The van der Waals surface area contributed by atoms with Crippen LogP contribution in [0.2, 0.25) is 0 Å². The van der Waals surface area contributed by atoms with Gasteiger partial charge in [0.15, 0.2) is 0 Å². The summed E-state index contributed by atoms with van der Waals surface area (Å²) in [4.78, 5) is 0. The molecule has 0 spiro atoms. The van der Waals surface area contributed by atoms with Gasteiger partial charge in [-0.25, -0.2) is 0 Å². The van der Waals surface area contributed by atoms with Gasteiger partial charge in [-0.1, -0.05) is 0 Å². The van der Waals surface area contributed by atoms with Crippen molar-refractivity contribution in [2.24, 2.45) is 0 Å². The van der Waals surface area contributed by atoms with Crippen molar-refractivity contribution in [2.45, 2.75) is 0 Å². The van der Waals surface area contributed by atoms with Crippen molar-refractivity contribution in [2.75, 3.05) is 0 Å². The Hall–Kier alpha value is 1.58. The van der Waals surface area contributed by atoms with Crippen molar-refractivity contribution in [1.82, 2.24) is 6.15 Å². The third-order valence-corrected chi connectivity index (χ3v) is 0. The van der Waals surface area contributed by atoms with E-state index in [9.17, 15) is 0 Å². The Bertz CT molecular complexity index is 168. The summed E-state index contributed by atoms with van der Waals surface area (Å²) in [5.41, 5.74) is 0. The fourth-order valence-electron chi connectivity index (χ4n) is 0. The Morgan fingerprint density at radius 1 is 1.36 bits per heavy atom. The normalized spacial score (nSPS) is 8.45. The average molecular weight is 255 g/mol. The van der Waals surface area contributed by atoms with E-state index in [0.29, 0.717) is 0 Å². The van der Waals surface area contributed by atoms with Crippen LogP contribution in [0.3, 0.4) is 0 Å². The van der Waals surface area contributed by atoms with Crippen LogP contribution in [0, 0.1) is 0 Å². The molecule has 0 radical (unpaired) electrons. The van der Waals surface area contributed by atoms with Crippen LogP contribution in [-0.2, 0) is 31.6 Å². The van der Waals surface area contributed by atoms with Crippen LogP contribution in [0.25, 0.3) is 0 Å². The molecule has 0 aliphatic carbocycles. The largest absolute Gasteiger partial charge is 2.00 e. The Morgan fingerprint density at radius 3 is 1.36 bits per heavy atom. The minimum atomic E-state index is -3.83. The maximum Gasteiger partial charge on any atom is 2.00 e. The van der Waals surface area contributed by atoms with Gasteiger partial charge in [-0.15, -0.1) is 0 Å². The zero-order valence-electron chi connectivity index (χ0n) is 7.24. The molecule has 11 heavy (non-hydrogen) atoms. The molecule has 0 aliphatic heterocycles. The van der Waals surface area contributed by atoms with Gasteiger partial charge in [-0.05, 0) is 0 Å². The second-order valence-corrected chi connectivity index (χ2v) is 3.34. The molecule has 70 valence electrons. The maximum atomic E-state index is 9.11. The first-order valence-electron chi connectivity index (χ1n) is 1.23. The topological polar surface area (TPSA) is 150 Å². The molecule has 0 rings (SSSR count). The molecular weight excluding hydrogens is 246 g/mol. The number of hydrogen-bond donors (Lipinski definition) is 5. The first-order valence-corrected chi connectivity index (χ1v) is 4.69.